The Morgan fingerprint density at radius 2 is 1.53 bits per heavy atom. The topological polar surface area (TPSA) is 110 Å². The Hall–Kier alpha value is -2.75. The third-order valence-corrected chi connectivity index (χ3v) is 8.21. The highest BCUT2D eigenvalue weighted by molar-refractivity contribution is 7.91. The van der Waals surface area contributed by atoms with Crippen molar-refractivity contribution in [2.45, 2.75) is 50.3 Å². The second kappa shape index (κ2) is 13.0. The molecule has 3 amide bonds. The van der Waals surface area contributed by atoms with Crippen LogP contribution in [-0.4, -0.2) is 67.9 Å². The van der Waals surface area contributed by atoms with Gasteiger partial charge in [0.15, 0.2) is 9.84 Å². The van der Waals surface area contributed by atoms with E-state index >= 15 is 0 Å². The summed E-state index contributed by atoms with van der Waals surface area (Å²) in [6.45, 7) is 5.09. The van der Waals surface area contributed by atoms with Gasteiger partial charge in [0, 0.05) is 13.1 Å². The summed E-state index contributed by atoms with van der Waals surface area (Å²) >= 11 is 0. The molecular formula is C27H37N3O5S. The van der Waals surface area contributed by atoms with E-state index in [0.717, 1.165) is 10.5 Å². The Kier molecular flexibility index (Phi) is 10.0. The number of imide groups is 1. The number of benzene rings is 2. The minimum Gasteiger partial charge on any atom is -0.378 e. The lowest BCUT2D eigenvalue weighted by molar-refractivity contribution is -0.131. The van der Waals surface area contributed by atoms with Crippen molar-refractivity contribution in [1.29, 1.82) is 0 Å². The monoisotopic (exact) mass is 515 g/mol. The molecule has 2 N–H and O–H groups in total. The molecule has 0 bridgehead atoms. The summed E-state index contributed by atoms with van der Waals surface area (Å²) in [7, 11) is -3.96. The summed E-state index contributed by atoms with van der Waals surface area (Å²) in [5.41, 5.74) is 7.77. The van der Waals surface area contributed by atoms with E-state index < -0.39 is 33.2 Å². The standard InChI is InChI=1S/C27H37N3O5S/c1-21(2)19-24(28)26(31)30(27(32)29-15-17-35-18-16-29)25(14-13-22-9-5-3-6-10-22)36(33,34)20-23-11-7-4-8-12-23/h3-12,21,24-25H,13-20,28H2,1-2H3/t24-,25?/m0/s1. The van der Waals surface area contributed by atoms with Crippen LogP contribution >= 0.6 is 0 Å². The van der Waals surface area contributed by atoms with Crippen LogP contribution in [0.4, 0.5) is 4.79 Å². The van der Waals surface area contributed by atoms with Crippen LogP contribution in [0.15, 0.2) is 60.7 Å². The average Bonchev–Trinajstić information content (AvgIpc) is 2.86. The predicted molar refractivity (Wildman–Crippen MR) is 140 cm³/mol. The van der Waals surface area contributed by atoms with Crippen molar-refractivity contribution in [1.82, 2.24) is 9.80 Å². The summed E-state index contributed by atoms with van der Waals surface area (Å²) in [4.78, 5) is 29.8. The fourth-order valence-corrected chi connectivity index (χ4v) is 6.20. The number of hydrogen-bond donors (Lipinski definition) is 1. The second-order valence-corrected chi connectivity index (χ2v) is 11.8. The maximum absolute atomic E-state index is 13.9. The van der Waals surface area contributed by atoms with Crippen molar-refractivity contribution in [3.8, 4) is 0 Å². The van der Waals surface area contributed by atoms with Crippen LogP contribution in [0, 0.1) is 5.92 Å². The number of urea groups is 1. The number of sulfone groups is 1. The number of nitrogens with zero attached hydrogens (tertiary/aromatic N) is 2. The van der Waals surface area contributed by atoms with E-state index in [0.29, 0.717) is 31.6 Å². The summed E-state index contributed by atoms with van der Waals surface area (Å²) in [5, 5.41) is -1.35. The van der Waals surface area contributed by atoms with Crippen molar-refractivity contribution in [2.24, 2.45) is 11.7 Å². The van der Waals surface area contributed by atoms with Gasteiger partial charge in [-0.05, 0) is 36.3 Å². The van der Waals surface area contributed by atoms with Crippen molar-refractivity contribution in [3.05, 3.63) is 71.8 Å². The van der Waals surface area contributed by atoms with E-state index in [1.165, 1.54) is 4.90 Å². The van der Waals surface area contributed by atoms with Crippen LogP contribution < -0.4 is 5.73 Å². The number of nitrogens with two attached hydrogens (primary N) is 1. The van der Waals surface area contributed by atoms with Crippen molar-refractivity contribution >= 4 is 21.8 Å². The molecule has 1 fully saturated rings. The van der Waals surface area contributed by atoms with Gasteiger partial charge < -0.3 is 15.4 Å². The average molecular weight is 516 g/mol. The molecule has 0 radical (unpaired) electrons. The molecule has 1 saturated heterocycles. The van der Waals surface area contributed by atoms with Crippen LogP contribution in [0.3, 0.4) is 0 Å². The number of aryl methyl sites for hydroxylation is 1. The molecule has 9 heteroatoms. The highest BCUT2D eigenvalue weighted by Gasteiger charge is 2.42. The zero-order valence-corrected chi connectivity index (χ0v) is 21.9. The Balaban J connectivity index is 2.01. The van der Waals surface area contributed by atoms with E-state index in [1.54, 1.807) is 24.3 Å². The van der Waals surface area contributed by atoms with E-state index in [9.17, 15) is 18.0 Å². The number of morpholine rings is 1. The molecule has 0 spiro atoms. The van der Waals surface area contributed by atoms with Gasteiger partial charge in [-0.2, -0.15) is 0 Å². The van der Waals surface area contributed by atoms with Gasteiger partial charge in [0.2, 0.25) is 5.91 Å². The number of hydrogen-bond acceptors (Lipinski definition) is 6. The Morgan fingerprint density at radius 1 is 0.972 bits per heavy atom. The molecular weight excluding hydrogens is 478 g/mol. The fourth-order valence-electron chi connectivity index (χ4n) is 4.36. The van der Waals surface area contributed by atoms with E-state index in [-0.39, 0.29) is 31.2 Å². The first-order valence-corrected chi connectivity index (χ1v) is 14.2. The molecule has 3 rings (SSSR count). The first-order valence-electron chi connectivity index (χ1n) is 12.4. The highest BCUT2D eigenvalue weighted by atomic mass is 32.2. The van der Waals surface area contributed by atoms with E-state index in [2.05, 4.69) is 0 Å². The smallest absolute Gasteiger partial charge is 0.328 e. The third-order valence-electron chi connectivity index (χ3n) is 6.20. The van der Waals surface area contributed by atoms with Gasteiger partial charge in [-0.1, -0.05) is 74.5 Å². The van der Waals surface area contributed by atoms with Crippen molar-refractivity contribution in [3.63, 3.8) is 0 Å². The number of ether oxygens (including phenoxy) is 1. The minimum absolute atomic E-state index is 0.0788. The van der Waals surface area contributed by atoms with Crippen LogP contribution in [0.5, 0.6) is 0 Å². The van der Waals surface area contributed by atoms with Gasteiger partial charge in [-0.25, -0.2) is 18.1 Å². The molecule has 36 heavy (non-hydrogen) atoms. The summed E-state index contributed by atoms with van der Waals surface area (Å²) in [6.07, 6.45) is 0.810. The van der Waals surface area contributed by atoms with Crippen molar-refractivity contribution < 1.29 is 22.7 Å². The number of amides is 3. The zero-order valence-electron chi connectivity index (χ0n) is 21.1. The molecule has 1 aliphatic heterocycles. The van der Waals surface area contributed by atoms with Gasteiger partial charge in [0.1, 0.15) is 5.37 Å². The molecule has 2 aromatic carbocycles. The largest absolute Gasteiger partial charge is 0.378 e. The molecule has 2 aromatic rings. The zero-order chi connectivity index (χ0) is 26.1. The SMILES string of the molecule is CC(C)C[C@H](N)C(=O)N(C(=O)N1CCOCC1)C(CCc1ccccc1)S(=O)(=O)Cc1ccccc1. The first kappa shape index (κ1) is 27.8. The second-order valence-electron chi connectivity index (χ2n) is 9.60. The quantitative estimate of drug-likeness (QED) is 0.520. The molecule has 1 heterocycles. The van der Waals surface area contributed by atoms with Crippen LogP contribution in [0.25, 0.3) is 0 Å². The molecule has 0 aromatic heterocycles. The molecule has 8 nitrogen and oxygen atoms in total. The fraction of sp³-hybridized carbons (Fsp3) is 0.481. The van der Waals surface area contributed by atoms with Crippen LogP contribution in [0.1, 0.15) is 37.8 Å². The first-order chi connectivity index (χ1) is 17.2. The van der Waals surface area contributed by atoms with Crippen LogP contribution in [-0.2, 0) is 31.5 Å². The molecule has 196 valence electrons. The van der Waals surface area contributed by atoms with E-state index in [4.69, 9.17) is 10.5 Å². The number of carbonyl (C=O) groups is 2. The molecule has 1 unspecified atom stereocenters. The molecule has 2 atom stereocenters. The normalized spacial score (nSPS) is 15.9. The lowest BCUT2D eigenvalue weighted by Crippen LogP contribution is -2.59. The van der Waals surface area contributed by atoms with Gasteiger partial charge in [0.05, 0.1) is 25.0 Å². The number of rotatable bonds is 10. The summed E-state index contributed by atoms with van der Waals surface area (Å²) in [5.74, 6) is -0.838. The van der Waals surface area contributed by atoms with E-state index in [1.807, 2.05) is 50.2 Å². The molecule has 1 aliphatic rings. The number of carbonyl (C=O) groups excluding carboxylic acids is 2. The molecule has 0 saturated carbocycles. The maximum Gasteiger partial charge on any atom is 0.328 e. The van der Waals surface area contributed by atoms with Gasteiger partial charge in [-0.15, -0.1) is 0 Å². The minimum atomic E-state index is -3.96. The maximum atomic E-state index is 13.9. The van der Waals surface area contributed by atoms with Gasteiger partial charge in [0.25, 0.3) is 0 Å². The summed E-state index contributed by atoms with van der Waals surface area (Å²) in [6, 6.07) is 16.6. The van der Waals surface area contributed by atoms with Crippen LogP contribution in [0.2, 0.25) is 0 Å². The third kappa shape index (κ3) is 7.62. The lowest BCUT2D eigenvalue weighted by atomic mass is 10.0. The summed E-state index contributed by atoms with van der Waals surface area (Å²) < 4.78 is 33.1. The Bertz CT molecular complexity index is 1090. The highest BCUT2D eigenvalue weighted by Crippen LogP contribution is 2.24. The molecule has 0 aliphatic carbocycles. The predicted octanol–water partition coefficient (Wildman–Crippen LogP) is 3.21. The van der Waals surface area contributed by atoms with Gasteiger partial charge in [-0.3, -0.25) is 4.79 Å². The lowest BCUT2D eigenvalue weighted by Gasteiger charge is -2.37. The van der Waals surface area contributed by atoms with Crippen molar-refractivity contribution in [2.75, 3.05) is 26.3 Å². The Labute approximate surface area is 214 Å². The van der Waals surface area contributed by atoms with Gasteiger partial charge >= 0.3 is 6.03 Å². The Morgan fingerprint density at radius 3 is 2.08 bits per heavy atom.